The monoisotopic (exact) mass is 236 g/mol. The van der Waals surface area contributed by atoms with Crippen LogP contribution in [0.1, 0.15) is 12.8 Å². The number of ether oxygens (including phenoxy) is 1. The van der Waals surface area contributed by atoms with Crippen LogP contribution in [-0.4, -0.2) is 6.10 Å². The summed E-state index contributed by atoms with van der Waals surface area (Å²) in [6.07, 6.45) is 4.90. The van der Waals surface area contributed by atoms with Crippen molar-refractivity contribution in [3.8, 4) is 5.75 Å². The van der Waals surface area contributed by atoms with Crippen LogP contribution in [0.25, 0.3) is 0 Å². The van der Waals surface area contributed by atoms with Gasteiger partial charge in [0, 0.05) is 38.8 Å². The fourth-order valence-corrected chi connectivity index (χ4v) is 1.09. The second kappa shape index (κ2) is 4.98. The molecule has 1 aromatic rings. The molecule has 0 N–H and O–H groups in total. The zero-order valence-corrected chi connectivity index (χ0v) is 9.78. The van der Waals surface area contributed by atoms with Gasteiger partial charge in [-0.1, -0.05) is 18.2 Å². The molecule has 2 heteroatoms. The minimum Gasteiger partial charge on any atom is -0.496 e. The van der Waals surface area contributed by atoms with E-state index < -0.39 is 0 Å². The minimum atomic E-state index is 0. The van der Waals surface area contributed by atoms with E-state index in [1.807, 2.05) is 30.3 Å². The zero-order valence-electron chi connectivity index (χ0n) is 6.94. The third-order valence-corrected chi connectivity index (χ3v) is 1.91. The molecule has 0 unspecified atom stereocenters. The fraction of sp³-hybridized carbons (Fsp3) is 0.300. The summed E-state index contributed by atoms with van der Waals surface area (Å²) in [6.45, 7) is 0. The van der Waals surface area contributed by atoms with E-state index in [2.05, 4.69) is 6.42 Å². The van der Waals surface area contributed by atoms with Gasteiger partial charge >= 0.3 is 0 Å². The van der Waals surface area contributed by atoms with Crippen molar-refractivity contribution in [3.63, 3.8) is 0 Å². The first kappa shape index (κ1) is 10.2. The van der Waals surface area contributed by atoms with Gasteiger partial charge < -0.3 is 11.2 Å². The molecule has 1 saturated carbocycles. The molecule has 1 nitrogen and oxygen atoms in total. The van der Waals surface area contributed by atoms with Gasteiger partial charge in [0.15, 0.2) is 0 Å². The smallest absolute Gasteiger partial charge is 0.119 e. The second-order valence-electron chi connectivity index (χ2n) is 2.81. The number of hydrogen-bond acceptors (Lipinski definition) is 1. The van der Waals surface area contributed by atoms with E-state index in [0.29, 0.717) is 6.10 Å². The molecular weight excluding hydrogens is 225 g/mol. The number of para-hydroxylation sites is 1. The van der Waals surface area contributed by atoms with E-state index in [9.17, 15) is 0 Å². The van der Waals surface area contributed by atoms with Crippen molar-refractivity contribution in [2.45, 2.75) is 18.9 Å². The van der Waals surface area contributed by atoms with Gasteiger partial charge in [0.05, 0.1) is 0 Å². The Morgan fingerprint density at radius 3 is 2.33 bits per heavy atom. The fourth-order valence-electron chi connectivity index (χ4n) is 1.09. The first-order valence-electron chi connectivity index (χ1n) is 3.98. The van der Waals surface area contributed by atoms with Crippen LogP contribution >= 0.6 is 0 Å². The van der Waals surface area contributed by atoms with Crippen molar-refractivity contribution >= 4 is 0 Å². The van der Waals surface area contributed by atoms with Crippen LogP contribution < -0.4 is 4.74 Å². The van der Waals surface area contributed by atoms with Gasteiger partial charge in [0.25, 0.3) is 0 Å². The topological polar surface area (TPSA) is 9.23 Å². The maximum Gasteiger partial charge on any atom is 0.119 e. The van der Waals surface area contributed by atoms with Gasteiger partial charge in [0.1, 0.15) is 5.75 Å². The molecule has 1 aliphatic rings. The average Bonchev–Trinajstić information content (AvgIpc) is 1.99. The van der Waals surface area contributed by atoms with E-state index in [-0.39, 0.29) is 32.7 Å². The normalized spacial score (nSPS) is 16.0. The van der Waals surface area contributed by atoms with Crippen molar-refractivity contribution in [2.24, 2.45) is 0 Å². The van der Waals surface area contributed by atoms with E-state index in [1.165, 1.54) is 0 Å². The summed E-state index contributed by atoms with van der Waals surface area (Å²) in [7, 11) is 0. The first-order chi connectivity index (χ1) is 5.45. The summed E-state index contributed by atoms with van der Waals surface area (Å²) in [6, 6.07) is 9.99. The van der Waals surface area contributed by atoms with E-state index in [4.69, 9.17) is 4.74 Å². The molecule has 61 valence electrons. The summed E-state index contributed by atoms with van der Waals surface area (Å²) in [5.41, 5.74) is 0. The van der Waals surface area contributed by atoms with Crippen molar-refractivity contribution in [3.05, 3.63) is 36.8 Å². The second-order valence-corrected chi connectivity index (χ2v) is 2.81. The molecule has 0 aromatic heterocycles. The summed E-state index contributed by atoms with van der Waals surface area (Å²) in [5, 5.41) is 0. The van der Waals surface area contributed by atoms with Crippen LogP contribution in [0, 0.1) is 6.42 Å². The van der Waals surface area contributed by atoms with Gasteiger partial charge in [-0.3, -0.25) is 0 Å². The molecule has 0 aliphatic heterocycles. The molecule has 0 bridgehead atoms. The van der Waals surface area contributed by atoms with Crippen LogP contribution in [0.3, 0.4) is 0 Å². The summed E-state index contributed by atoms with van der Waals surface area (Å²) in [5.74, 6) is 0.991. The van der Waals surface area contributed by atoms with Gasteiger partial charge in [-0.15, -0.1) is 12.8 Å². The van der Waals surface area contributed by atoms with Crippen LogP contribution in [0.5, 0.6) is 5.75 Å². The third-order valence-electron chi connectivity index (χ3n) is 1.91. The summed E-state index contributed by atoms with van der Waals surface area (Å²) < 4.78 is 5.62. The van der Waals surface area contributed by atoms with Crippen LogP contribution in [0.15, 0.2) is 30.3 Å². The number of rotatable bonds is 2. The molecule has 1 aliphatic carbocycles. The molecule has 0 saturated heterocycles. The van der Waals surface area contributed by atoms with Crippen molar-refractivity contribution in [1.29, 1.82) is 0 Å². The minimum absolute atomic E-state index is 0. The van der Waals surface area contributed by atoms with Crippen LogP contribution in [0.4, 0.5) is 0 Å². The SMILES string of the molecule is [Y].c1ccc(OC2C[CH-]C2)cc1. The van der Waals surface area contributed by atoms with Crippen LogP contribution in [0.2, 0.25) is 0 Å². The summed E-state index contributed by atoms with van der Waals surface area (Å²) in [4.78, 5) is 0. The molecule has 0 heterocycles. The molecular formula is C10H11OY-. The third kappa shape index (κ3) is 2.57. The Hall–Kier alpha value is 0.124. The molecule has 1 radical (unpaired) electrons. The largest absolute Gasteiger partial charge is 0.496 e. The van der Waals surface area contributed by atoms with E-state index in [0.717, 1.165) is 18.6 Å². The Bertz CT molecular complexity index is 219. The van der Waals surface area contributed by atoms with Crippen molar-refractivity contribution in [1.82, 2.24) is 0 Å². The molecule has 0 spiro atoms. The maximum atomic E-state index is 5.62. The number of hydrogen-bond donors (Lipinski definition) is 0. The van der Waals surface area contributed by atoms with Gasteiger partial charge in [-0.2, -0.15) is 0 Å². The Balaban J connectivity index is 0.000000720. The van der Waals surface area contributed by atoms with Gasteiger partial charge in [0.2, 0.25) is 0 Å². The Morgan fingerprint density at radius 2 is 1.83 bits per heavy atom. The van der Waals surface area contributed by atoms with Gasteiger partial charge in [-0.05, 0) is 12.1 Å². The Morgan fingerprint density at radius 1 is 1.17 bits per heavy atom. The molecule has 1 aromatic carbocycles. The summed E-state index contributed by atoms with van der Waals surface area (Å²) >= 11 is 0. The maximum absolute atomic E-state index is 5.62. The first-order valence-corrected chi connectivity index (χ1v) is 3.98. The predicted octanol–water partition coefficient (Wildman–Crippen LogP) is 2.43. The van der Waals surface area contributed by atoms with Crippen molar-refractivity contribution in [2.75, 3.05) is 0 Å². The van der Waals surface area contributed by atoms with Crippen molar-refractivity contribution < 1.29 is 37.4 Å². The molecule has 0 atom stereocenters. The predicted molar refractivity (Wildman–Crippen MR) is 44.4 cm³/mol. The molecule has 0 amide bonds. The average molecular weight is 236 g/mol. The standard InChI is InChI=1S/C10H11O.Y/c1-2-5-9(6-3-1)11-10-7-4-8-10;/h1-6,10H,7-8H2;/q-1;. The van der Waals surface area contributed by atoms with Crippen LogP contribution in [-0.2, 0) is 32.7 Å². The van der Waals surface area contributed by atoms with E-state index in [1.54, 1.807) is 0 Å². The van der Waals surface area contributed by atoms with Gasteiger partial charge in [-0.25, -0.2) is 0 Å². The van der Waals surface area contributed by atoms with E-state index >= 15 is 0 Å². The number of benzene rings is 1. The molecule has 12 heavy (non-hydrogen) atoms. The Kier molecular flexibility index (Phi) is 4.24. The quantitative estimate of drug-likeness (QED) is 0.716. The Labute approximate surface area is 98.4 Å². The zero-order chi connectivity index (χ0) is 7.52. The molecule has 2 rings (SSSR count). The molecule has 1 fully saturated rings.